The Labute approximate surface area is 157 Å². The third-order valence-electron chi connectivity index (χ3n) is 3.38. The molecule has 2 nitrogen and oxygen atoms in total. The summed E-state index contributed by atoms with van der Waals surface area (Å²) >= 11 is 16.2. The molecule has 1 saturated heterocycles. The van der Waals surface area contributed by atoms with Gasteiger partial charge in [0.1, 0.15) is 0 Å². The molecule has 1 aliphatic rings. The maximum absolute atomic E-state index is 12.7. The van der Waals surface area contributed by atoms with Crippen molar-refractivity contribution in [3.05, 3.63) is 68.0 Å². The van der Waals surface area contributed by atoms with E-state index in [0.29, 0.717) is 19.9 Å². The van der Waals surface area contributed by atoms with Crippen LogP contribution in [-0.4, -0.2) is 10.2 Å². The van der Waals surface area contributed by atoms with Gasteiger partial charge < -0.3 is 0 Å². The number of carbonyl (C=O) groups excluding carboxylic acids is 1. The van der Waals surface area contributed by atoms with Gasteiger partial charge in [0.2, 0.25) is 0 Å². The van der Waals surface area contributed by atoms with Crippen molar-refractivity contribution in [2.24, 2.45) is 0 Å². The predicted molar refractivity (Wildman–Crippen MR) is 106 cm³/mol. The number of hydrogen-bond acceptors (Lipinski definition) is 3. The monoisotopic (exact) mass is 423 g/mol. The number of halogens is 2. The summed E-state index contributed by atoms with van der Waals surface area (Å²) in [6.07, 6.45) is 1.85. The van der Waals surface area contributed by atoms with E-state index in [1.807, 2.05) is 49.4 Å². The largest absolute Gasteiger partial charge is 0.270 e. The van der Waals surface area contributed by atoms with E-state index in [-0.39, 0.29) is 5.91 Å². The fraction of sp³-hybridized carbons (Fsp3) is 0.0588. The molecule has 1 fully saturated rings. The summed E-state index contributed by atoms with van der Waals surface area (Å²) in [6.45, 7) is 1.92. The first-order valence-electron chi connectivity index (χ1n) is 6.75. The quantitative estimate of drug-likeness (QED) is 0.448. The molecule has 23 heavy (non-hydrogen) atoms. The van der Waals surface area contributed by atoms with E-state index in [2.05, 4.69) is 15.9 Å². The topological polar surface area (TPSA) is 20.3 Å². The normalized spacial score (nSPS) is 16.5. The number of benzene rings is 2. The van der Waals surface area contributed by atoms with E-state index in [0.717, 1.165) is 15.6 Å². The van der Waals surface area contributed by atoms with Gasteiger partial charge in [-0.2, -0.15) is 0 Å². The lowest BCUT2D eigenvalue weighted by Gasteiger charge is -2.15. The fourth-order valence-electron chi connectivity index (χ4n) is 2.12. The zero-order chi connectivity index (χ0) is 16.6. The number of anilines is 1. The van der Waals surface area contributed by atoms with Crippen molar-refractivity contribution < 1.29 is 4.79 Å². The third kappa shape index (κ3) is 3.53. The smallest absolute Gasteiger partial charge is 0.268 e. The van der Waals surface area contributed by atoms with Crippen LogP contribution in [0.3, 0.4) is 0 Å². The molecular weight excluding hydrogens is 414 g/mol. The van der Waals surface area contributed by atoms with Gasteiger partial charge in [0.05, 0.1) is 10.6 Å². The Balaban J connectivity index is 1.93. The molecule has 0 atom stereocenters. The molecule has 2 aromatic carbocycles. The Hall–Kier alpha value is -1.14. The highest BCUT2D eigenvalue weighted by Crippen LogP contribution is 2.37. The molecule has 6 heteroatoms. The van der Waals surface area contributed by atoms with Crippen LogP contribution in [0, 0.1) is 6.92 Å². The SMILES string of the molecule is Cc1ccc(N2C(=O)/C(=C/c3ccc(Br)cc3)SC2=S)cc1Cl. The number of nitrogens with zero attached hydrogens (tertiary/aromatic N) is 1. The minimum absolute atomic E-state index is 0.122. The first-order chi connectivity index (χ1) is 11.0. The first-order valence-corrected chi connectivity index (χ1v) is 9.15. The summed E-state index contributed by atoms with van der Waals surface area (Å²) in [5, 5.41) is 0.619. The Morgan fingerprint density at radius 3 is 2.57 bits per heavy atom. The van der Waals surface area contributed by atoms with Crippen molar-refractivity contribution in [2.75, 3.05) is 4.90 Å². The number of aryl methyl sites for hydroxylation is 1. The van der Waals surface area contributed by atoms with Crippen LogP contribution in [0.25, 0.3) is 6.08 Å². The predicted octanol–water partition coefficient (Wildman–Crippen LogP) is 5.82. The van der Waals surface area contributed by atoms with Gasteiger partial charge in [-0.3, -0.25) is 9.69 Å². The minimum atomic E-state index is -0.122. The standard InChI is InChI=1S/C17H11BrClNOS2/c1-10-2-7-13(9-14(10)19)20-16(21)15(23-17(20)22)8-11-3-5-12(18)6-4-11/h2-9H,1H3/b15-8-. The van der Waals surface area contributed by atoms with Crippen molar-refractivity contribution in [1.82, 2.24) is 0 Å². The Morgan fingerprint density at radius 1 is 1.22 bits per heavy atom. The van der Waals surface area contributed by atoms with Crippen LogP contribution in [0.4, 0.5) is 5.69 Å². The molecule has 0 unspecified atom stereocenters. The van der Waals surface area contributed by atoms with Crippen LogP contribution in [-0.2, 0) is 4.79 Å². The van der Waals surface area contributed by atoms with Gasteiger partial charge in [-0.25, -0.2) is 0 Å². The lowest BCUT2D eigenvalue weighted by atomic mass is 10.2. The van der Waals surface area contributed by atoms with Crippen LogP contribution >= 0.6 is 51.5 Å². The number of thiocarbonyl (C=S) groups is 1. The molecule has 1 heterocycles. The van der Waals surface area contributed by atoms with Gasteiger partial charge in [0.25, 0.3) is 5.91 Å². The summed E-state index contributed by atoms with van der Waals surface area (Å²) in [5.74, 6) is -0.122. The lowest BCUT2D eigenvalue weighted by Crippen LogP contribution is -2.27. The first kappa shape index (κ1) is 16.7. The molecule has 1 aliphatic heterocycles. The second-order valence-electron chi connectivity index (χ2n) is 5.00. The average molecular weight is 425 g/mol. The lowest BCUT2D eigenvalue weighted by molar-refractivity contribution is -0.113. The Morgan fingerprint density at radius 2 is 1.91 bits per heavy atom. The zero-order valence-corrected chi connectivity index (χ0v) is 16.0. The van der Waals surface area contributed by atoms with E-state index >= 15 is 0 Å². The number of thioether (sulfide) groups is 1. The van der Waals surface area contributed by atoms with E-state index in [9.17, 15) is 4.79 Å². The molecule has 1 amide bonds. The van der Waals surface area contributed by atoms with Gasteiger partial charge in [0, 0.05) is 9.50 Å². The maximum Gasteiger partial charge on any atom is 0.270 e. The summed E-state index contributed by atoms with van der Waals surface area (Å²) in [4.78, 5) is 14.8. The number of amides is 1. The van der Waals surface area contributed by atoms with Crippen LogP contribution < -0.4 is 4.90 Å². The average Bonchev–Trinajstić information content (AvgIpc) is 2.79. The highest BCUT2D eigenvalue weighted by atomic mass is 79.9. The number of hydrogen-bond donors (Lipinski definition) is 0. The van der Waals surface area contributed by atoms with Crippen molar-refractivity contribution in [1.29, 1.82) is 0 Å². The Kier molecular flexibility index (Phi) is 4.92. The summed E-state index contributed by atoms with van der Waals surface area (Å²) in [5.41, 5.74) is 2.62. The van der Waals surface area contributed by atoms with Crippen molar-refractivity contribution in [3.63, 3.8) is 0 Å². The van der Waals surface area contributed by atoms with Gasteiger partial charge in [-0.1, -0.05) is 69.7 Å². The third-order valence-corrected chi connectivity index (χ3v) is 5.61. The molecule has 0 N–H and O–H groups in total. The molecule has 0 saturated carbocycles. The highest BCUT2D eigenvalue weighted by Gasteiger charge is 2.33. The Bertz CT molecular complexity index is 833. The maximum atomic E-state index is 12.7. The highest BCUT2D eigenvalue weighted by molar-refractivity contribution is 9.10. The van der Waals surface area contributed by atoms with Crippen LogP contribution in [0.15, 0.2) is 51.8 Å². The van der Waals surface area contributed by atoms with Crippen LogP contribution in [0.2, 0.25) is 5.02 Å². The molecule has 3 rings (SSSR count). The van der Waals surface area contributed by atoms with E-state index in [1.165, 1.54) is 16.7 Å². The van der Waals surface area contributed by atoms with E-state index in [4.69, 9.17) is 23.8 Å². The van der Waals surface area contributed by atoms with Crippen LogP contribution in [0.1, 0.15) is 11.1 Å². The van der Waals surface area contributed by atoms with Crippen molar-refractivity contribution >= 4 is 73.5 Å². The van der Waals surface area contributed by atoms with E-state index < -0.39 is 0 Å². The zero-order valence-electron chi connectivity index (χ0n) is 12.0. The van der Waals surface area contributed by atoms with Gasteiger partial charge in [0.15, 0.2) is 4.32 Å². The minimum Gasteiger partial charge on any atom is -0.268 e. The molecule has 0 bridgehead atoms. The van der Waals surface area contributed by atoms with E-state index in [1.54, 1.807) is 6.07 Å². The molecule has 0 aliphatic carbocycles. The summed E-state index contributed by atoms with van der Waals surface area (Å²) in [7, 11) is 0. The molecule has 2 aromatic rings. The second kappa shape index (κ2) is 6.77. The molecule has 0 radical (unpaired) electrons. The number of carbonyl (C=O) groups is 1. The van der Waals surface area contributed by atoms with Crippen LogP contribution in [0.5, 0.6) is 0 Å². The van der Waals surface area contributed by atoms with Gasteiger partial charge >= 0.3 is 0 Å². The molecule has 0 spiro atoms. The van der Waals surface area contributed by atoms with Crippen molar-refractivity contribution in [3.8, 4) is 0 Å². The van der Waals surface area contributed by atoms with Crippen molar-refractivity contribution in [2.45, 2.75) is 6.92 Å². The fourth-order valence-corrected chi connectivity index (χ4v) is 3.86. The molecular formula is C17H11BrClNOS2. The summed E-state index contributed by atoms with van der Waals surface area (Å²) in [6, 6.07) is 13.3. The second-order valence-corrected chi connectivity index (χ2v) is 8.00. The summed E-state index contributed by atoms with van der Waals surface area (Å²) < 4.78 is 1.51. The molecule has 116 valence electrons. The number of rotatable bonds is 2. The van der Waals surface area contributed by atoms with Gasteiger partial charge in [-0.15, -0.1) is 0 Å². The molecule has 0 aromatic heterocycles. The van der Waals surface area contributed by atoms with Gasteiger partial charge in [-0.05, 0) is 48.4 Å².